The first kappa shape index (κ1) is 21.2. The highest BCUT2D eigenvalue weighted by Gasteiger charge is 2.27. The molecule has 6 nitrogen and oxygen atoms in total. The number of amides is 1. The Morgan fingerprint density at radius 3 is 2.76 bits per heavy atom. The van der Waals surface area contributed by atoms with Gasteiger partial charge in [0.05, 0.1) is 23.4 Å². The molecule has 1 amide bonds. The molecule has 2 atom stereocenters. The maximum absolute atomic E-state index is 14.3. The zero-order valence-electron chi connectivity index (χ0n) is 18.5. The SMILES string of the molecule is Cn1cc(-c2ccc(Cc3cc(C(=O)NC4CCCCC4F)nc4ccccc34)cn2)cn1. The van der Waals surface area contributed by atoms with E-state index < -0.39 is 12.2 Å². The molecule has 7 heteroatoms. The van der Waals surface area contributed by atoms with E-state index in [1.807, 2.05) is 61.9 Å². The number of nitrogens with zero attached hydrogens (tertiary/aromatic N) is 4. The number of aryl methyl sites for hydroxylation is 1. The van der Waals surface area contributed by atoms with Gasteiger partial charge in [0.15, 0.2) is 0 Å². The fourth-order valence-corrected chi connectivity index (χ4v) is 4.47. The number of carbonyl (C=O) groups is 1. The minimum Gasteiger partial charge on any atom is -0.345 e. The van der Waals surface area contributed by atoms with E-state index in [1.165, 1.54) is 0 Å². The topological polar surface area (TPSA) is 72.7 Å². The van der Waals surface area contributed by atoms with Crippen LogP contribution in [0, 0.1) is 0 Å². The highest BCUT2D eigenvalue weighted by Crippen LogP contribution is 2.24. The van der Waals surface area contributed by atoms with Gasteiger partial charge in [0.2, 0.25) is 0 Å². The van der Waals surface area contributed by atoms with E-state index in [4.69, 9.17) is 0 Å². The van der Waals surface area contributed by atoms with Crippen LogP contribution in [0.4, 0.5) is 4.39 Å². The number of nitrogens with one attached hydrogen (secondary N) is 1. The molecule has 3 aromatic heterocycles. The summed E-state index contributed by atoms with van der Waals surface area (Å²) in [6, 6.07) is 13.2. The fourth-order valence-electron chi connectivity index (χ4n) is 4.47. The summed E-state index contributed by atoms with van der Waals surface area (Å²) < 4.78 is 16.0. The Morgan fingerprint density at radius 2 is 2.00 bits per heavy atom. The van der Waals surface area contributed by atoms with E-state index in [2.05, 4.69) is 20.4 Å². The van der Waals surface area contributed by atoms with Crippen molar-refractivity contribution in [1.82, 2.24) is 25.1 Å². The number of halogens is 1. The molecule has 3 heterocycles. The minimum absolute atomic E-state index is 0.318. The van der Waals surface area contributed by atoms with Crippen LogP contribution >= 0.6 is 0 Å². The van der Waals surface area contributed by atoms with Crippen molar-refractivity contribution in [1.29, 1.82) is 0 Å². The van der Waals surface area contributed by atoms with Gasteiger partial charge in [0, 0.05) is 30.4 Å². The van der Waals surface area contributed by atoms with Crippen molar-refractivity contribution < 1.29 is 9.18 Å². The molecule has 4 aromatic rings. The molecule has 1 fully saturated rings. The van der Waals surface area contributed by atoms with Crippen LogP contribution < -0.4 is 5.32 Å². The Balaban J connectivity index is 1.42. The third kappa shape index (κ3) is 4.62. The summed E-state index contributed by atoms with van der Waals surface area (Å²) in [4.78, 5) is 22.1. The second-order valence-electron chi connectivity index (χ2n) is 8.70. The Kier molecular flexibility index (Phi) is 5.86. The van der Waals surface area contributed by atoms with Gasteiger partial charge in [-0.3, -0.25) is 14.5 Å². The average molecular weight is 444 g/mol. The molecule has 5 rings (SSSR count). The molecule has 168 valence electrons. The van der Waals surface area contributed by atoms with Crippen LogP contribution in [0.25, 0.3) is 22.2 Å². The zero-order chi connectivity index (χ0) is 22.8. The van der Waals surface area contributed by atoms with Gasteiger partial charge in [-0.2, -0.15) is 5.10 Å². The molecule has 1 saturated carbocycles. The largest absolute Gasteiger partial charge is 0.345 e. The quantitative estimate of drug-likeness (QED) is 0.488. The Hall–Kier alpha value is -3.61. The zero-order valence-corrected chi connectivity index (χ0v) is 18.5. The lowest BCUT2D eigenvalue weighted by Gasteiger charge is -2.26. The van der Waals surface area contributed by atoms with Crippen LogP contribution in [0.5, 0.6) is 0 Å². The van der Waals surface area contributed by atoms with Crippen LogP contribution in [-0.2, 0) is 13.5 Å². The predicted octanol–water partition coefficient (Wildman–Crippen LogP) is 4.63. The highest BCUT2D eigenvalue weighted by molar-refractivity contribution is 5.96. The number of carbonyl (C=O) groups excluding carboxylic acids is 1. The van der Waals surface area contributed by atoms with Gasteiger partial charge in [0.25, 0.3) is 5.91 Å². The van der Waals surface area contributed by atoms with Crippen molar-refractivity contribution in [2.75, 3.05) is 0 Å². The molecule has 1 N–H and O–H groups in total. The maximum Gasteiger partial charge on any atom is 0.270 e. The van der Waals surface area contributed by atoms with Gasteiger partial charge in [-0.15, -0.1) is 0 Å². The van der Waals surface area contributed by atoms with Crippen LogP contribution in [-0.4, -0.2) is 37.9 Å². The number of aromatic nitrogens is 4. The van der Waals surface area contributed by atoms with E-state index >= 15 is 0 Å². The van der Waals surface area contributed by atoms with Gasteiger partial charge in [-0.25, -0.2) is 9.37 Å². The molecular weight excluding hydrogens is 417 g/mol. The summed E-state index contributed by atoms with van der Waals surface area (Å²) in [6.07, 6.45) is 8.17. The van der Waals surface area contributed by atoms with Gasteiger partial charge < -0.3 is 5.32 Å². The van der Waals surface area contributed by atoms with E-state index in [-0.39, 0.29) is 5.91 Å². The van der Waals surface area contributed by atoms with E-state index in [9.17, 15) is 9.18 Å². The standard InChI is InChI=1S/C26H26FN5O/c1-32-16-19(15-29-32)22-11-10-17(14-28-22)12-18-13-25(30-23-8-4-2-6-20(18)23)26(33)31-24-9-5-3-7-21(24)27/h2,4,6,8,10-11,13-16,21,24H,3,5,7,9,12H2,1H3,(H,31,33). The first-order valence-corrected chi connectivity index (χ1v) is 11.3. The molecule has 0 spiro atoms. The molecule has 33 heavy (non-hydrogen) atoms. The normalized spacial score (nSPS) is 18.4. The molecule has 1 aromatic carbocycles. The Morgan fingerprint density at radius 1 is 1.15 bits per heavy atom. The molecule has 0 saturated heterocycles. The number of rotatable bonds is 5. The molecule has 0 bridgehead atoms. The number of fused-ring (bicyclic) bond motifs is 1. The maximum atomic E-state index is 14.3. The molecule has 0 aliphatic heterocycles. The van der Waals surface area contributed by atoms with E-state index in [0.717, 1.165) is 46.1 Å². The van der Waals surface area contributed by atoms with Crippen molar-refractivity contribution in [3.63, 3.8) is 0 Å². The predicted molar refractivity (Wildman–Crippen MR) is 126 cm³/mol. The molecular formula is C26H26FN5O. The second-order valence-corrected chi connectivity index (χ2v) is 8.70. The monoisotopic (exact) mass is 443 g/mol. The summed E-state index contributed by atoms with van der Waals surface area (Å²) in [5.74, 6) is -0.318. The third-order valence-electron chi connectivity index (χ3n) is 6.25. The molecule has 1 aliphatic rings. The number of benzene rings is 1. The first-order chi connectivity index (χ1) is 16.1. The summed E-state index contributed by atoms with van der Waals surface area (Å²) in [7, 11) is 1.88. The van der Waals surface area contributed by atoms with Crippen molar-refractivity contribution in [3.8, 4) is 11.3 Å². The lowest BCUT2D eigenvalue weighted by atomic mass is 9.93. The van der Waals surface area contributed by atoms with Gasteiger partial charge in [-0.05, 0) is 48.6 Å². The van der Waals surface area contributed by atoms with Crippen molar-refractivity contribution in [2.45, 2.75) is 44.3 Å². The van der Waals surface area contributed by atoms with Crippen LogP contribution in [0.2, 0.25) is 0 Å². The van der Waals surface area contributed by atoms with Gasteiger partial charge >= 0.3 is 0 Å². The fraction of sp³-hybridized carbons (Fsp3) is 0.308. The van der Waals surface area contributed by atoms with Gasteiger partial charge in [-0.1, -0.05) is 37.1 Å². The average Bonchev–Trinajstić information content (AvgIpc) is 3.27. The number of hydrogen-bond acceptors (Lipinski definition) is 4. The van der Waals surface area contributed by atoms with E-state index in [1.54, 1.807) is 10.9 Å². The van der Waals surface area contributed by atoms with E-state index in [0.29, 0.717) is 25.0 Å². The smallest absolute Gasteiger partial charge is 0.270 e. The van der Waals surface area contributed by atoms with Crippen LogP contribution in [0.15, 0.2) is 61.1 Å². The summed E-state index contributed by atoms with van der Waals surface area (Å²) in [5.41, 5.74) is 4.91. The van der Waals surface area contributed by atoms with Crippen molar-refractivity contribution >= 4 is 16.8 Å². The Bertz CT molecular complexity index is 1280. The van der Waals surface area contributed by atoms with Crippen LogP contribution in [0.3, 0.4) is 0 Å². The minimum atomic E-state index is -0.993. The summed E-state index contributed by atoms with van der Waals surface area (Å²) in [5, 5.41) is 8.06. The van der Waals surface area contributed by atoms with Crippen molar-refractivity contribution in [2.24, 2.45) is 7.05 Å². The summed E-state index contributed by atoms with van der Waals surface area (Å²) >= 11 is 0. The third-order valence-corrected chi connectivity index (χ3v) is 6.25. The first-order valence-electron chi connectivity index (χ1n) is 11.3. The Labute approximate surface area is 191 Å². The molecule has 0 radical (unpaired) electrons. The number of alkyl halides is 1. The van der Waals surface area contributed by atoms with Crippen LogP contribution in [0.1, 0.15) is 47.3 Å². The second kappa shape index (κ2) is 9.10. The summed E-state index contributed by atoms with van der Waals surface area (Å²) in [6.45, 7) is 0. The highest BCUT2D eigenvalue weighted by atomic mass is 19.1. The molecule has 1 aliphatic carbocycles. The lowest BCUT2D eigenvalue weighted by Crippen LogP contribution is -2.43. The number of hydrogen-bond donors (Lipinski definition) is 1. The van der Waals surface area contributed by atoms with Crippen molar-refractivity contribution in [3.05, 3.63) is 77.9 Å². The number of para-hydroxylation sites is 1. The van der Waals surface area contributed by atoms with Gasteiger partial charge in [0.1, 0.15) is 11.9 Å². The number of pyridine rings is 2. The molecule has 2 unspecified atom stereocenters. The lowest BCUT2D eigenvalue weighted by molar-refractivity contribution is 0.0879.